The number of rotatable bonds is 5. The zero-order valence-corrected chi connectivity index (χ0v) is 20.2. The highest BCUT2D eigenvalue weighted by Gasteiger charge is 2.42. The van der Waals surface area contributed by atoms with Crippen molar-refractivity contribution >= 4 is 17.4 Å². The largest absolute Gasteiger partial charge is 0.496 e. The molecule has 0 radical (unpaired) electrons. The fourth-order valence-corrected chi connectivity index (χ4v) is 5.27. The molecule has 36 heavy (non-hydrogen) atoms. The van der Waals surface area contributed by atoms with Gasteiger partial charge in [-0.15, -0.1) is 0 Å². The van der Waals surface area contributed by atoms with Crippen LogP contribution in [0.2, 0.25) is 0 Å². The molecule has 3 aromatic rings. The third kappa shape index (κ3) is 4.31. The molecule has 1 aliphatic heterocycles. The van der Waals surface area contributed by atoms with Gasteiger partial charge in [-0.2, -0.15) is 0 Å². The third-order valence-electron chi connectivity index (χ3n) is 6.92. The Morgan fingerprint density at radius 2 is 1.67 bits per heavy atom. The molecule has 5 nitrogen and oxygen atoms in total. The summed E-state index contributed by atoms with van der Waals surface area (Å²) in [5, 5.41) is 6.07. The summed E-state index contributed by atoms with van der Waals surface area (Å²) in [6.07, 6.45) is 0.994. The molecule has 0 bridgehead atoms. The van der Waals surface area contributed by atoms with Crippen molar-refractivity contribution in [1.82, 2.24) is 5.32 Å². The second-order valence-electron chi connectivity index (χ2n) is 9.10. The van der Waals surface area contributed by atoms with Gasteiger partial charge in [0, 0.05) is 34.5 Å². The average Bonchev–Trinajstić information content (AvgIpc) is 2.89. The van der Waals surface area contributed by atoms with E-state index in [4.69, 9.17) is 4.74 Å². The zero-order valence-electron chi connectivity index (χ0n) is 20.2. The minimum atomic E-state index is -0.645. The van der Waals surface area contributed by atoms with E-state index in [1.165, 1.54) is 12.1 Å². The van der Waals surface area contributed by atoms with Crippen LogP contribution >= 0.6 is 0 Å². The first-order valence-electron chi connectivity index (χ1n) is 12.0. The summed E-state index contributed by atoms with van der Waals surface area (Å²) < 4.78 is 20.0. The van der Waals surface area contributed by atoms with E-state index < -0.39 is 17.6 Å². The molecule has 1 amide bonds. The zero-order chi connectivity index (χ0) is 25.2. The molecule has 1 aliphatic carbocycles. The molecule has 3 aromatic carbocycles. The number of allylic oxidation sites excluding steroid dienone is 3. The van der Waals surface area contributed by atoms with Crippen molar-refractivity contribution in [2.75, 3.05) is 12.4 Å². The van der Waals surface area contributed by atoms with Gasteiger partial charge in [-0.1, -0.05) is 60.7 Å². The first-order chi connectivity index (χ1) is 17.5. The molecule has 6 heteroatoms. The fraction of sp³-hybridized carbons (Fsp3) is 0.200. The molecule has 2 N–H and O–H groups in total. The summed E-state index contributed by atoms with van der Waals surface area (Å²) >= 11 is 0. The van der Waals surface area contributed by atoms with Crippen LogP contribution in [0.3, 0.4) is 0 Å². The Bertz CT molecular complexity index is 1390. The van der Waals surface area contributed by atoms with E-state index in [0.717, 1.165) is 16.8 Å². The highest BCUT2D eigenvalue weighted by Crippen LogP contribution is 2.47. The number of Topliss-reactive ketones (excluding diaryl/α,β-unsaturated/α-hetero) is 1. The number of ether oxygens (including phenoxy) is 1. The molecule has 182 valence electrons. The minimum Gasteiger partial charge on any atom is -0.496 e. The molecule has 0 unspecified atom stereocenters. The van der Waals surface area contributed by atoms with Gasteiger partial charge in [0.25, 0.3) is 5.91 Å². The highest BCUT2D eigenvalue weighted by molar-refractivity contribution is 6.10. The average molecular weight is 483 g/mol. The number of carbonyl (C=O) groups excluding carboxylic acids is 2. The Morgan fingerprint density at radius 1 is 0.972 bits per heavy atom. The summed E-state index contributed by atoms with van der Waals surface area (Å²) in [5.41, 5.74) is 4.29. The standard InChI is InChI=1S/C30H27FN2O3/c1-18-27(30(35)33-23-14-8-7-13-22(23)31)28(21-12-6-9-15-26(21)36-2)29-24(32-18)16-20(17-25(29)34)19-10-4-3-5-11-19/h3-15,20,28,32H,16-17H2,1-2H3,(H,33,35)/t20-,28-/m1/s1. The van der Waals surface area contributed by atoms with Gasteiger partial charge in [-0.25, -0.2) is 4.39 Å². The van der Waals surface area contributed by atoms with Crippen molar-refractivity contribution < 1.29 is 18.7 Å². The van der Waals surface area contributed by atoms with Gasteiger partial charge in [0.1, 0.15) is 11.6 Å². The summed E-state index contributed by atoms with van der Waals surface area (Å²) in [6.45, 7) is 1.82. The van der Waals surface area contributed by atoms with E-state index in [1.54, 1.807) is 19.2 Å². The van der Waals surface area contributed by atoms with E-state index in [0.29, 0.717) is 35.4 Å². The van der Waals surface area contributed by atoms with Crippen LogP contribution in [0.15, 0.2) is 101 Å². The Hall–Kier alpha value is -4.19. The summed E-state index contributed by atoms with van der Waals surface area (Å²) in [4.78, 5) is 27.4. The van der Waals surface area contributed by atoms with Crippen molar-refractivity contribution in [3.05, 3.63) is 118 Å². The Balaban J connectivity index is 1.60. The van der Waals surface area contributed by atoms with Crippen LogP contribution in [0.25, 0.3) is 0 Å². The van der Waals surface area contributed by atoms with Crippen LogP contribution in [0.5, 0.6) is 5.75 Å². The number of ketones is 1. The predicted molar refractivity (Wildman–Crippen MR) is 137 cm³/mol. The number of dihydropyridines is 1. The molecule has 0 saturated carbocycles. The molecule has 0 aromatic heterocycles. The van der Waals surface area contributed by atoms with Crippen LogP contribution in [0.1, 0.15) is 42.7 Å². The smallest absolute Gasteiger partial charge is 0.254 e. The number of methoxy groups -OCH3 is 1. The van der Waals surface area contributed by atoms with E-state index >= 15 is 0 Å². The number of benzene rings is 3. The first kappa shape index (κ1) is 23.5. The number of nitrogens with one attached hydrogen (secondary N) is 2. The van der Waals surface area contributed by atoms with Crippen LogP contribution in [0, 0.1) is 5.82 Å². The van der Waals surface area contributed by atoms with Crippen molar-refractivity contribution in [3.63, 3.8) is 0 Å². The number of hydrogen-bond donors (Lipinski definition) is 2. The number of amides is 1. The molecule has 1 heterocycles. The Morgan fingerprint density at radius 3 is 2.42 bits per heavy atom. The quantitative estimate of drug-likeness (QED) is 0.480. The number of halogens is 1. The number of hydrogen-bond acceptors (Lipinski definition) is 4. The number of carbonyl (C=O) groups is 2. The van der Waals surface area contributed by atoms with Gasteiger partial charge < -0.3 is 15.4 Å². The fourth-order valence-electron chi connectivity index (χ4n) is 5.27. The molecule has 0 spiro atoms. The summed E-state index contributed by atoms with van der Waals surface area (Å²) in [6, 6.07) is 23.4. The highest BCUT2D eigenvalue weighted by atomic mass is 19.1. The monoisotopic (exact) mass is 482 g/mol. The molecule has 2 aliphatic rings. The normalized spacial score (nSPS) is 19.5. The summed E-state index contributed by atoms with van der Waals surface area (Å²) in [7, 11) is 1.57. The van der Waals surface area contributed by atoms with Crippen molar-refractivity contribution in [3.8, 4) is 5.75 Å². The second kappa shape index (κ2) is 9.82. The van der Waals surface area contributed by atoms with Gasteiger partial charge in [0.05, 0.1) is 18.7 Å². The molecule has 5 rings (SSSR count). The number of anilines is 1. The maximum Gasteiger partial charge on any atom is 0.254 e. The van der Waals surface area contributed by atoms with Crippen molar-refractivity contribution in [2.24, 2.45) is 0 Å². The maximum atomic E-state index is 14.4. The Labute approximate surface area is 209 Å². The van der Waals surface area contributed by atoms with Gasteiger partial charge in [0.15, 0.2) is 5.78 Å². The van der Waals surface area contributed by atoms with Crippen LogP contribution in [-0.4, -0.2) is 18.8 Å². The minimum absolute atomic E-state index is 0.0165. The first-order valence-corrected chi connectivity index (χ1v) is 12.0. The summed E-state index contributed by atoms with van der Waals surface area (Å²) in [5.74, 6) is -1.03. The van der Waals surface area contributed by atoms with Gasteiger partial charge >= 0.3 is 0 Å². The van der Waals surface area contributed by atoms with Gasteiger partial charge in [-0.3, -0.25) is 9.59 Å². The van der Waals surface area contributed by atoms with Gasteiger partial charge in [0.2, 0.25) is 0 Å². The molecule has 2 atom stereocenters. The topological polar surface area (TPSA) is 67.4 Å². The van der Waals surface area contributed by atoms with Crippen LogP contribution < -0.4 is 15.4 Å². The predicted octanol–water partition coefficient (Wildman–Crippen LogP) is 5.83. The Kier molecular flexibility index (Phi) is 6.42. The molecule has 0 fully saturated rings. The molecule has 0 saturated heterocycles. The van der Waals surface area contributed by atoms with E-state index in [-0.39, 0.29) is 17.4 Å². The van der Waals surface area contributed by atoms with Gasteiger partial charge in [-0.05, 0) is 43.0 Å². The van der Waals surface area contributed by atoms with E-state index in [9.17, 15) is 14.0 Å². The van der Waals surface area contributed by atoms with E-state index in [2.05, 4.69) is 10.6 Å². The van der Waals surface area contributed by atoms with Crippen LogP contribution in [-0.2, 0) is 9.59 Å². The second-order valence-corrected chi connectivity index (χ2v) is 9.10. The molecular formula is C30H27FN2O3. The van der Waals surface area contributed by atoms with Crippen LogP contribution in [0.4, 0.5) is 10.1 Å². The van der Waals surface area contributed by atoms with E-state index in [1.807, 2.05) is 61.5 Å². The third-order valence-corrected chi connectivity index (χ3v) is 6.92. The van der Waals surface area contributed by atoms with Crippen molar-refractivity contribution in [2.45, 2.75) is 31.6 Å². The SMILES string of the molecule is COc1ccccc1[C@@H]1C(C(=O)Nc2ccccc2F)=C(C)NC2=C1C(=O)C[C@H](c1ccccc1)C2. The van der Waals surface area contributed by atoms with Crippen molar-refractivity contribution in [1.29, 1.82) is 0 Å². The lowest BCUT2D eigenvalue weighted by Gasteiger charge is -2.37. The lowest BCUT2D eigenvalue weighted by molar-refractivity contribution is -0.116. The lowest BCUT2D eigenvalue weighted by atomic mass is 9.71. The number of para-hydroxylation sites is 2. The maximum absolute atomic E-state index is 14.4. The molecular weight excluding hydrogens is 455 g/mol. The lowest BCUT2D eigenvalue weighted by Crippen LogP contribution is -2.37.